The zero-order valence-electron chi connectivity index (χ0n) is 11.0. The predicted molar refractivity (Wildman–Crippen MR) is 70.7 cm³/mol. The molecule has 20 heavy (non-hydrogen) atoms. The van der Waals surface area contributed by atoms with Gasteiger partial charge in [0.05, 0.1) is 12.5 Å². The van der Waals surface area contributed by atoms with E-state index in [0.29, 0.717) is 0 Å². The summed E-state index contributed by atoms with van der Waals surface area (Å²) >= 11 is 0. The van der Waals surface area contributed by atoms with Gasteiger partial charge in [-0.3, -0.25) is 0 Å². The van der Waals surface area contributed by atoms with E-state index in [1.165, 1.54) is 19.1 Å². The van der Waals surface area contributed by atoms with Crippen molar-refractivity contribution in [2.45, 2.75) is 18.8 Å². The Morgan fingerprint density at radius 1 is 1.50 bits per heavy atom. The number of allylic oxidation sites excluding steroid dienone is 2. The summed E-state index contributed by atoms with van der Waals surface area (Å²) in [6.45, 7) is 4.85. The Morgan fingerprint density at radius 2 is 2.10 bits per heavy atom. The first-order valence-corrected chi connectivity index (χ1v) is 5.95. The molecule has 1 unspecified atom stereocenters. The van der Waals surface area contributed by atoms with E-state index >= 15 is 0 Å². The Labute approximate surface area is 115 Å². The maximum absolute atomic E-state index is 14.4. The molecule has 0 saturated carbocycles. The molecule has 0 bridgehead atoms. The van der Waals surface area contributed by atoms with E-state index in [2.05, 4.69) is 16.3 Å². The quantitative estimate of drug-likeness (QED) is 0.483. The molecule has 0 radical (unpaired) electrons. The Balaban J connectivity index is 3.28. The lowest BCUT2D eigenvalue weighted by molar-refractivity contribution is 0.00844. The molecule has 0 fully saturated rings. The molecule has 106 valence electrons. The molecule has 1 atom stereocenters. The highest BCUT2D eigenvalue weighted by molar-refractivity contribution is 5.34. The van der Waals surface area contributed by atoms with Crippen molar-refractivity contribution in [2.24, 2.45) is 0 Å². The van der Waals surface area contributed by atoms with Crippen LogP contribution in [0.5, 0.6) is 0 Å². The van der Waals surface area contributed by atoms with Crippen LogP contribution in [0.3, 0.4) is 0 Å². The van der Waals surface area contributed by atoms with Crippen LogP contribution in [0.4, 0.5) is 8.78 Å². The second kappa shape index (κ2) is 6.66. The third-order valence-electron chi connectivity index (χ3n) is 2.68. The highest BCUT2D eigenvalue weighted by atomic mass is 19.3. The van der Waals surface area contributed by atoms with E-state index in [1.54, 1.807) is 18.2 Å². The van der Waals surface area contributed by atoms with Gasteiger partial charge in [0, 0.05) is 0 Å². The number of alkyl halides is 2. The van der Waals surface area contributed by atoms with E-state index in [-0.39, 0.29) is 12.2 Å². The number of rotatable bonds is 6. The summed E-state index contributed by atoms with van der Waals surface area (Å²) in [7, 11) is 0. The van der Waals surface area contributed by atoms with Gasteiger partial charge in [0.25, 0.3) is 0 Å². The van der Waals surface area contributed by atoms with Crippen molar-refractivity contribution in [1.82, 2.24) is 0 Å². The molecule has 0 saturated heterocycles. The fourth-order valence-corrected chi connectivity index (χ4v) is 1.76. The molecular formula is C14H15F2N2O2+. The highest BCUT2D eigenvalue weighted by Crippen LogP contribution is 2.41. The number of hydrogen-bond donors (Lipinski definition) is 1. The number of aliphatic hydroxyl groups is 1. The Hall–Kier alpha value is -2.42. The van der Waals surface area contributed by atoms with Gasteiger partial charge in [-0.05, 0) is 12.5 Å². The minimum Gasteiger partial charge on any atom is -0.475 e. The smallest absolute Gasteiger partial charge is 0.475 e. The molecule has 0 spiro atoms. The van der Waals surface area contributed by atoms with Crippen LogP contribution in [-0.4, -0.2) is 17.6 Å². The molecule has 1 aromatic rings. The van der Waals surface area contributed by atoms with Crippen LogP contribution in [-0.2, 0) is 4.74 Å². The first kappa shape index (κ1) is 15.6. The fourth-order valence-electron chi connectivity index (χ4n) is 1.76. The van der Waals surface area contributed by atoms with Gasteiger partial charge >= 0.3 is 17.6 Å². The molecule has 6 heteroatoms. The second-order valence-electron chi connectivity index (χ2n) is 3.93. The van der Waals surface area contributed by atoms with Crippen LogP contribution < -0.4 is 0 Å². The van der Waals surface area contributed by atoms with Crippen LogP contribution in [0.1, 0.15) is 18.4 Å². The molecule has 1 rings (SSSR count). The molecule has 4 nitrogen and oxygen atoms in total. The molecule has 0 aliphatic rings. The summed E-state index contributed by atoms with van der Waals surface area (Å²) in [5.41, 5.74) is -0.953. The van der Waals surface area contributed by atoms with E-state index in [4.69, 9.17) is 5.39 Å². The molecule has 0 amide bonds. The van der Waals surface area contributed by atoms with Gasteiger partial charge in [0.1, 0.15) is 0 Å². The average Bonchev–Trinajstić information content (AvgIpc) is 2.41. The maximum Gasteiger partial charge on any atom is 0.509 e. The molecule has 0 aliphatic heterocycles. The van der Waals surface area contributed by atoms with Gasteiger partial charge in [-0.1, -0.05) is 36.4 Å². The van der Waals surface area contributed by atoms with Crippen molar-refractivity contribution < 1.29 is 18.6 Å². The SMILES string of the molecule is C=CC(c1ccccc1)C(F)(F)/C([N+]#N)=C(\O)OCC. The van der Waals surface area contributed by atoms with Crippen molar-refractivity contribution in [3.8, 4) is 0 Å². The van der Waals surface area contributed by atoms with Gasteiger partial charge in [0.2, 0.25) is 5.39 Å². The van der Waals surface area contributed by atoms with Crippen LogP contribution >= 0.6 is 0 Å². The number of diazo groups is 1. The zero-order chi connectivity index (χ0) is 15.2. The number of benzene rings is 1. The topological polar surface area (TPSA) is 57.6 Å². The van der Waals surface area contributed by atoms with Crippen molar-refractivity contribution in [2.75, 3.05) is 6.61 Å². The molecule has 1 aromatic carbocycles. The maximum atomic E-state index is 14.4. The summed E-state index contributed by atoms with van der Waals surface area (Å²) in [6, 6.07) is 7.88. The van der Waals surface area contributed by atoms with Gasteiger partial charge in [-0.25, -0.2) is 0 Å². The third kappa shape index (κ3) is 3.12. The molecule has 0 heterocycles. The number of aliphatic hydroxyl groups excluding tert-OH is 1. The van der Waals surface area contributed by atoms with Gasteiger partial charge in [-0.2, -0.15) is 8.78 Å². The largest absolute Gasteiger partial charge is 0.509 e. The lowest BCUT2D eigenvalue weighted by atomic mass is 9.91. The van der Waals surface area contributed by atoms with Gasteiger partial charge < -0.3 is 9.84 Å². The zero-order valence-corrected chi connectivity index (χ0v) is 11.0. The third-order valence-corrected chi connectivity index (χ3v) is 2.68. The van der Waals surface area contributed by atoms with Crippen LogP contribution in [0.2, 0.25) is 0 Å². The van der Waals surface area contributed by atoms with E-state index in [1.807, 2.05) is 0 Å². The summed E-state index contributed by atoms with van der Waals surface area (Å²) in [5.74, 6) is -6.24. The molecular weight excluding hydrogens is 266 g/mol. The Morgan fingerprint density at radius 3 is 2.55 bits per heavy atom. The van der Waals surface area contributed by atoms with Crippen molar-refractivity contribution in [3.05, 3.63) is 65.2 Å². The lowest BCUT2D eigenvalue weighted by Gasteiger charge is -2.19. The van der Waals surface area contributed by atoms with Gasteiger partial charge in [0.15, 0.2) is 4.98 Å². The van der Waals surface area contributed by atoms with Crippen molar-refractivity contribution in [1.29, 1.82) is 5.39 Å². The number of nitrogens with zero attached hydrogens (tertiary/aromatic N) is 2. The minimum absolute atomic E-state index is 0.0367. The van der Waals surface area contributed by atoms with Crippen LogP contribution in [0, 0.1) is 5.39 Å². The van der Waals surface area contributed by atoms with Crippen molar-refractivity contribution in [3.63, 3.8) is 0 Å². The normalized spacial score (nSPS) is 13.9. The summed E-state index contributed by atoms with van der Waals surface area (Å²) in [5, 5.41) is 18.2. The Bertz CT molecular complexity index is 536. The van der Waals surface area contributed by atoms with Crippen molar-refractivity contribution >= 4 is 0 Å². The summed E-state index contributed by atoms with van der Waals surface area (Å²) in [6.07, 6.45) is 1.03. The number of hydrogen-bond acceptors (Lipinski definition) is 3. The molecule has 1 N–H and O–H groups in total. The number of halogens is 2. The van der Waals surface area contributed by atoms with E-state index in [9.17, 15) is 13.9 Å². The first-order chi connectivity index (χ1) is 9.48. The van der Waals surface area contributed by atoms with E-state index < -0.39 is 23.5 Å². The first-order valence-electron chi connectivity index (χ1n) is 5.95. The minimum atomic E-state index is -3.67. The Kier molecular flexibility index (Phi) is 5.21. The summed E-state index contributed by atoms with van der Waals surface area (Å²) < 4.78 is 33.4. The monoisotopic (exact) mass is 281 g/mol. The highest BCUT2D eigenvalue weighted by Gasteiger charge is 2.55. The predicted octanol–water partition coefficient (Wildman–Crippen LogP) is 4.21. The van der Waals surface area contributed by atoms with Crippen LogP contribution in [0.15, 0.2) is 54.6 Å². The lowest BCUT2D eigenvalue weighted by Crippen LogP contribution is -2.28. The van der Waals surface area contributed by atoms with Gasteiger partial charge in [-0.15, -0.1) is 6.58 Å². The summed E-state index contributed by atoms with van der Waals surface area (Å²) in [4.78, 5) is 2.48. The molecule has 0 aromatic heterocycles. The average molecular weight is 281 g/mol. The molecule has 0 aliphatic carbocycles. The van der Waals surface area contributed by atoms with E-state index in [0.717, 1.165) is 6.08 Å². The van der Waals surface area contributed by atoms with Crippen LogP contribution in [0.25, 0.3) is 4.98 Å². The second-order valence-corrected chi connectivity index (χ2v) is 3.93. The standard InChI is InChI=1S/C14H14F2N2O2/c1-3-11(10-8-6-5-7-9-10)14(15,16)12(18-17)13(19)20-4-2/h3,5-9,11H,1,4H2,2H3/p+1/b13-12-. The fraction of sp³-hybridized carbons (Fsp3) is 0.286. The number of ether oxygens (including phenoxy) is 1.